The lowest BCUT2D eigenvalue weighted by Crippen LogP contribution is -2.30. The van der Waals surface area contributed by atoms with Crippen LogP contribution < -0.4 is 5.56 Å². The number of aliphatic hydroxyl groups is 1. The Morgan fingerprint density at radius 1 is 1.19 bits per heavy atom. The molecule has 0 atom stereocenters. The van der Waals surface area contributed by atoms with E-state index in [0.29, 0.717) is 18.1 Å². The van der Waals surface area contributed by atoms with E-state index in [1.54, 1.807) is 27.1 Å². The summed E-state index contributed by atoms with van der Waals surface area (Å²) >= 11 is 0. The molecule has 7 nitrogen and oxygen atoms in total. The van der Waals surface area contributed by atoms with E-state index in [9.17, 15) is 9.90 Å². The highest BCUT2D eigenvalue weighted by Crippen LogP contribution is 2.32. The van der Waals surface area contributed by atoms with Crippen molar-refractivity contribution in [1.29, 1.82) is 0 Å². The number of hydrogen-bond acceptors (Lipinski definition) is 6. The summed E-state index contributed by atoms with van der Waals surface area (Å²) in [5.41, 5.74) is 5.33. The van der Waals surface area contributed by atoms with Crippen LogP contribution >= 0.6 is 0 Å². The van der Waals surface area contributed by atoms with Gasteiger partial charge < -0.3 is 10.0 Å². The number of rotatable bonds is 5. The van der Waals surface area contributed by atoms with E-state index < -0.39 is 5.60 Å². The molecule has 4 heterocycles. The molecule has 0 aromatic carbocycles. The Bertz CT molecular complexity index is 1320. The Morgan fingerprint density at radius 2 is 1.92 bits per heavy atom. The first-order chi connectivity index (χ1) is 17.1. The van der Waals surface area contributed by atoms with Crippen molar-refractivity contribution in [2.45, 2.75) is 59.6 Å². The van der Waals surface area contributed by atoms with E-state index in [2.05, 4.69) is 41.4 Å². The van der Waals surface area contributed by atoms with Crippen LogP contribution in [0.3, 0.4) is 0 Å². The standard InChI is InChI=1S/C26H29N5O2.C3H8/c1-17(13-23-27-11-8-24(32)30(23)5)18(2)31-12-9-22-20(16-31)14-19(15-29-22)21-7-6-10-28-25(21)26(3,4)33;1-3-2/h6-8,10-11,13-15,33H,2,9,12,16H2,1,3-5H3;3H2,1-2H3/b17-13-;. The first-order valence-electron chi connectivity index (χ1n) is 12.4. The molecular weight excluding hydrogens is 450 g/mol. The summed E-state index contributed by atoms with van der Waals surface area (Å²) in [7, 11) is 1.71. The highest BCUT2D eigenvalue weighted by molar-refractivity contribution is 5.67. The molecule has 0 amide bonds. The summed E-state index contributed by atoms with van der Waals surface area (Å²) in [4.78, 5) is 27.6. The minimum absolute atomic E-state index is 0.0963. The van der Waals surface area contributed by atoms with Crippen molar-refractivity contribution in [2.75, 3.05) is 6.54 Å². The maximum atomic E-state index is 11.9. The van der Waals surface area contributed by atoms with E-state index in [-0.39, 0.29) is 5.56 Å². The second kappa shape index (κ2) is 11.4. The minimum atomic E-state index is -1.06. The number of allylic oxidation sites excluding steroid dienone is 1. The lowest BCUT2D eigenvalue weighted by molar-refractivity contribution is 0.0745. The Morgan fingerprint density at radius 3 is 2.61 bits per heavy atom. The quantitative estimate of drug-likeness (QED) is 0.518. The van der Waals surface area contributed by atoms with Gasteiger partial charge in [0.1, 0.15) is 11.4 Å². The zero-order chi connectivity index (χ0) is 26.5. The molecule has 1 aliphatic rings. The summed E-state index contributed by atoms with van der Waals surface area (Å²) < 4.78 is 1.52. The summed E-state index contributed by atoms with van der Waals surface area (Å²) in [5.74, 6) is 0.596. The summed E-state index contributed by atoms with van der Waals surface area (Å²) in [6.07, 6.45) is 9.03. The van der Waals surface area contributed by atoms with Gasteiger partial charge in [0.15, 0.2) is 0 Å². The van der Waals surface area contributed by atoms with Gasteiger partial charge >= 0.3 is 0 Å². The first kappa shape index (κ1) is 27.0. The third-order valence-corrected chi connectivity index (χ3v) is 6.02. The Hall–Kier alpha value is -3.58. The van der Waals surface area contributed by atoms with Crippen molar-refractivity contribution in [3.63, 3.8) is 0 Å². The van der Waals surface area contributed by atoms with Gasteiger partial charge in [-0.25, -0.2) is 4.98 Å². The van der Waals surface area contributed by atoms with Gasteiger partial charge in [-0.2, -0.15) is 0 Å². The van der Waals surface area contributed by atoms with Gasteiger partial charge in [-0.1, -0.05) is 32.9 Å². The maximum Gasteiger partial charge on any atom is 0.253 e. The van der Waals surface area contributed by atoms with Gasteiger partial charge in [-0.15, -0.1) is 0 Å². The summed E-state index contributed by atoms with van der Waals surface area (Å²) in [6.45, 7) is 15.5. The van der Waals surface area contributed by atoms with E-state index in [1.807, 2.05) is 31.3 Å². The predicted octanol–water partition coefficient (Wildman–Crippen LogP) is 4.86. The third kappa shape index (κ3) is 6.15. The summed E-state index contributed by atoms with van der Waals surface area (Å²) in [6, 6.07) is 7.42. The molecule has 0 aliphatic carbocycles. The van der Waals surface area contributed by atoms with Crippen LogP contribution in [0.2, 0.25) is 0 Å². The van der Waals surface area contributed by atoms with Gasteiger partial charge in [0.2, 0.25) is 0 Å². The molecule has 4 rings (SSSR count). The Kier molecular flexibility index (Phi) is 8.58. The molecule has 1 aliphatic heterocycles. The fourth-order valence-corrected chi connectivity index (χ4v) is 4.08. The zero-order valence-electron chi connectivity index (χ0n) is 22.2. The van der Waals surface area contributed by atoms with E-state index in [1.165, 1.54) is 23.3 Å². The zero-order valence-corrected chi connectivity index (χ0v) is 22.2. The van der Waals surface area contributed by atoms with Crippen LogP contribution in [0.1, 0.15) is 63.8 Å². The van der Waals surface area contributed by atoms with Crippen LogP contribution in [-0.4, -0.2) is 36.1 Å². The normalized spacial score (nSPS) is 13.5. The summed E-state index contributed by atoms with van der Waals surface area (Å²) in [5, 5.41) is 10.6. The predicted molar refractivity (Wildman–Crippen MR) is 145 cm³/mol. The van der Waals surface area contributed by atoms with Gasteiger partial charge in [0.05, 0.1) is 5.69 Å². The van der Waals surface area contributed by atoms with Crippen molar-refractivity contribution < 1.29 is 5.11 Å². The largest absolute Gasteiger partial charge is 0.384 e. The van der Waals surface area contributed by atoms with E-state index in [0.717, 1.165) is 46.6 Å². The number of hydrogen-bond donors (Lipinski definition) is 1. The molecule has 3 aromatic heterocycles. The second-order valence-corrected chi connectivity index (χ2v) is 9.64. The third-order valence-electron chi connectivity index (χ3n) is 6.02. The van der Waals surface area contributed by atoms with Gasteiger partial charge in [0.25, 0.3) is 5.56 Å². The topological polar surface area (TPSA) is 84.1 Å². The number of aromatic nitrogens is 4. The van der Waals surface area contributed by atoms with Crippen molar-refractivity contribution in [3.8, 4) is 11.1 Å². The van der Waals surface area contributed by atoms with Crippen LogP contribution in [0.25, 0.3) is 17.2 Å². The molecule has 1 N–H and O–H groups in total. The molecule has 0 saturated heterocycles. The van der Waals surface area contributed by atoms with Gasteiger partial charge in [-0.3, -0.25) is 19.3 Å². The lowest BCUT2D eigenvalue weighted by atomic mass is 9.93. The van der Waals surface area contributed by atoms with Crippen molar-refractivity contribution in [2.24, 2.45) is 7.05 Å². The van der Waals surface area contributed by atoms with Gasteiger partial charge in [0, 0.05) is 73.7 Å². The molecule has 0 fully saturated rings. The first-order valence-corrected chi connectivity index (χ1v) is 12.4. The molecule has 0 unspecified atom stereocenters. The molecule has 7 heteroatoms. The number of pyridine rings is 2. The monoisotopic (exact) mass is 487 g/mol. The SMILES string of the molecule is C=C(/C(C)=C\c1nccc(=O)n1C)N1CCc2ncc(-c3cccnc3C(C)(C)O)cc2C1.CCC. The van der Waals surface area contributed by atoms with E-state index in [4.69, 9.17) is 4.98 Å². The van der Waals surface area contributed by atoms with Crippen molar-refractivity contribution >= 4 is 6.08 Å². The number of fused-ring (bicyclic) bond motifs is 1. The van der Waals surface area contributed by atoms with Crippen LogP contribution in [0.5, 0.6) is 0 Å². The smallest absolute Gasteiger partial charge is 0.253 e. The molecule has 36 heavy (non-hydrogen) atoms. The average molecular weight is 488 g/mol. The Balaban J connectivity index is 0.00000115. The van der Waals surface area contributed by atoms with Crippen LogP contribution in [0, 0.1) is 0 Å². The minimum Gasteiger partial charge on any atom is -0.384 e. The fraction of sp³-hybridized carbons (Fsp3) is 0.379. The highest BCUT2D eigenvalue weighted by atomic mass is 16.3. The second-order valence-electron chi connectivity index (χ2n) is 9.64. The van der Waals surface area contributed by atoms with Crippen LogP contribution in [0.4, 0.5) is 0 Å². The van der Waals surface area contributed by atoms with Crippen molar-refractivity contribution in [1.82, 2.24) is 24.4 Å². The lowest BCUT2D eigenvalue weighted by Gasteiger charge is -2.32. The molecule has 0 bridgehead atoms. The molecule has 0 radical (unpaired) electrons. The number of nitrogens with zero attached hydrogens (tertiary/aromatic N) is 5. The van der Waals surface area contributed by atoms with Crippen LogP contribution in [0.15, 0.2) is 65.5 Å². The molecule has 0 saturated carbocycles. The molecule has 0 spiro atoms. The van der Waals surface area contributed by atoms with Crippen molar-refractivity contribution in [3.05, 3.63) is 93.8 Å². The average Bonchev–Trinajstić information content (AvgIpc) is 2.85. The maximum absolute atomic E-state index is 11.9. The fourth-order valence-electron chi connectivity index (χ4n) is 4.08. The van der Waals surface area contributed by atoms with Crippen LogP contribution in [-0.2, 0) is 25.6 Å². The molecule has 3 aromatic rings. The highest BCUT2D eigenvalue weighted by Gasteiger charge is 2.24. The molecular formula is C29H37N5O2. The molecule has 190 valence electrons. The Labute approximate surface area is 213 Å². The van der Waals surface area contributed by atoms with Gasteiger partial charge in [-0.05, 0) is 50.1 Å². The van der Waals surface area contributed by atoms with E-state index >= 15 is 0 Å².